The van der Waals surface area contributed by atoms with Gasteiger partial charge in [-0.25, -0.2) is 4.99 Å². The lowest BCUT2D eigenvalue weighted by Crippen LogP contribution is -2.34. The number of benzene rings is 2. The van der Waals surface area contributed by atoms with Crippen LogP contribution in [0.2, 0.25) is 0 Å². The molecule has 23 heavy (non-hydrogen) atoms. The van der Waals surface area contributed by atoms with Crippen molar-refractivity contribution in [3.63, 3.8) is 0 Å². The van der Waals surface area contributed by atoms with Crippen molar-refractivity contribution in [1.29, 1.82) is 0 Å². The lowest BCUT2D eigenvalue weighted by atomic mass is 10.1. The van der Waals surface area contributed by atoms with Gasteiger partial charge in [0.25, 0.3) is 5.56 Å². The predicted octanol–water partition coefficient (Wildman–Crippen LogP) is 1.99. The Hall–Kier alpha value is -3.15. The molecule has 0 fully saturated rings. The Morgan fingerprint density at radius 3 is 2.83 bits per heavy atom. The summed E-state index contributed by atoms with van der Waals surface area (Å²) >= 11 is 0. The van der Waals surface area contributed by atoms with Gasteiger partial charge in [0, 0.05) is 0 Å². The summed E-state index contributed by atoms with van der Waals surface area (Å²) in [5.41, 5.74) is 8.51. The fraction of sp³-hybridized carbons (Fsp3) is 0.118. The molecule has 0 bridgehead atoms. The van der Waals surface area contributed by atoms with Crippen molar-refractivity contribution in [3.8, 4) is 0 Å². The smallest absolute Gasteiger partial charge is 0.282 e. The molecule has 1 aliphatic rings. The normalized spacial score (nSPS) is 16.6. The van der Waals surface area contributed by atoms with E-state index in [0.29, 0.717) is 11.3 Å². The molecule has 1 aromatic heterocycles. The third-order valence-electron chi connectivity index (χ3n) is 3.92. The van der Waals surface area contributed by atoms with E-state index in [0.717, 1.165) is 16.6 Å². The molecular formula is C17H15N5O. The summed E-state index contributed by atoms with van der Waals surface area (Å²) in [6.45, 7) is 2.03. The van der Waals surface area contributed by atoms with E-state index in [1.54, 1.807) is 6.07 Å². The molecule has 2 aromatic carbocycles. The Labute approximate surface area is 132 Å². The molecule has 0 spiro atoms. The summed E-state index contributed by atoms with van der Waals surface area (Å²) in [5, 5.41) is 3.45. The number of nitrogens with one attached hydrogen (secondary N) is 1. The van der Waals surface area contributed by atoms with Crippen molar-refractivity contribution < 1.29 is 0 Å². The van der Waals surface area contributed by atoms with E-state index in [1.165, 1.54) is 0 Å². The molecule has 0 saturated carbocycles. The van der Waals surface area contributed by atoms with Gasteiger partial charge in [0.1, 0.15) is 0 Å². The molecule has 114 valence electrons. The first-order chi connectivity index (χ1) is 11.1. The number of hydrogen-bond donors (Lipinski definition) is 2. The highest BCUT2D eigenvalue weighted by molar-refractivity contribution is 5.93. The molecular weight excluding hydrogens is 290 g/mol. The Kier molecular flexibility index (Phi) is 2.90. The SMILES string of the molecule is Cc1cccc(C2N=C(N)Nc3nc(=O)c4ccccc4n32)c1. The van der Waals surface area contributed by atoms with Crippen molar-refractivity contribution in [2.75, 3.05) is 5.32 Å². The average molecular weight is 305 g/mol. The number of guanidine groups is 1. The number of aromatic nitrogens is 2. The second kappa shape index (κ2) is 4.95. The summed E-state index contributed by atoms with van der Waals surface area (Å²) in [6.07, 6.45) is -0.357. The topological polar surface area (TPSA) is 85.3 Å². The monoisotopic (exact) mass is 305 g/mol. The molecule has 3 N–H and O–H groups in total. The van der Waals surface area contributed by atoms with E-state index in [-0.39, 0.29) is 17.7 Å². The van der Waals surface area contributed by atoms with Gasteiger partial charge in [-0.3, -0.25) is 14.7 Å². The summed E-state index contributed by atoms with van der Waals surface area (Å²) in [5.74, 6) is 0.659. The highest BCUT2D eigenvalue weighted by Crippen LogP contribution is 2.29. The first-order valence-corrected chi connectivity index (χ1v) is 7.31. The Balaban J connectivity index is 2.05. The number of aliphatic imine (C=N–C) groups is 1. The Morgan fingerprint density at radius 1 is 1.17 bits per heavy atom. The molecule has 1 unspecified atom stereocenters. The first-order valence-electron chi connectivity index (χ1n) is 7.31. The molecule has 0 radical (unpaired) electrons. The summed E-state index contributed by atoms with van der Waals surface area (Å²) in [6, 6.07) is 15.4. The maximum atomic E-state index is 12.2. The van der Waals surface area contributed by atoms with E-state index in [9.17, 15) is 4.79 Å². The van der Waals surface area contributed by atoms with Crippen LogP contribution in [0.25, 0.3) is 10.9 Å². The zero-order valence-corrected chi connectivity index (χ0v) is 12.5. The summed E-state index contributed by atoms with van der Waals surface area (Å²) < 4.78 is 1.90. The summed E-state index contributed by atoms with van der Waals surface area (Å²) in [7, 11) is 0. The highest BCUT2D eigenvalue weighted by Gasteiger charge is 2.24. The van der Waals surface area contributed by atoms with Gasteiger partial charge in [-0.05, 0) is 24.6 Å². The quantitative estimate of drug-likeness (QED) is 0.720. The van der Waals surface area contributed by atoms with Gasteiger partial charge in [0.15, 0.2) is 12.1 Å². The number of nitrogens with zero attached hydrogens (tertiary/aromatic N) is 3. The van der Waals surface area contributed by atoms with Crippen molar-refractivity contribution in [2.45, 2.75) is 13.1 Å². The largest absolute Gasteiger partial charge is 0.370 e. The van der Waals surface area contributed by atoms with Crippen LogP contribution in [0.5, 0.6) is 0 Å². The van der Waals surface area contributed by atoms with Crippen LogP contribution in [0.3, 0.4) is 0 Å². The van der Waals surface area contributed by atoms with E-state index >= 15 is 0 Å². The lowest BCUT2D eigenvalue weighted by Gasteiger charge is -2.27. The van der Waals surface area contributed by atoms with Crippen LogP contribution in [0.1, 0.15) is 17.3 Å². The van der Waals surface area contributed by atoms with Crippen LogP contribution in [0, 0.1) is 6.92 Å². The van der Waals surface area contributed by atoms with Gasteiger partial charge < -0.3 is 5.73 Å². The number of hydrogen-bond acceptors (Lipinski definition) is 5. The number of fused-ring (bicyclic) bond motifs is 3. The molecule has 3 aromatic rings. The fourth-order valence-corrected chi connectivity index (χ4v) is 2.92. The highest BCUT2D eigenvalue weighted by atomic mass is 16.1. The number of anilines is 1. The van der Waals surface area contributed by atoms with E-state index < -0.39 is 0 Å². The zero-order chi connectivity index (χ0) is 16.0. The van der Waals surface area contributed by atoms with Gasteiger partial charge in [0.2, 0.25) is 5.95 Å². The maximum Gasteiger partial charge on any atom is 0.282 e. The number of rotatable bonds is 1. The number of para-hydroxylation sites is 1. The molecule has 6 heteroatoms. The Bertz CT molecular complexity index is 1010. The average Bonchev–Trinajstić information content (AvgIpc) is 2.54. The second-order valence-electron chi connectivity index (χ2n) is 5.55. The zero-order valence-electron chi connectivity index (χ0n) is 12.5. The van der Waals surface area contributed by atoms with Crippen LogP contribution in [-0.4, -0.2) is 15.5 Å². The molecule has 0 saturated heterocycles. The molecule has 6 nitrogen and oxygen atoms in total. The minimum atomic E-state index is -0.357. The molecule has 2 heterocycles. The van der Waals surface area contributed by atoms with Gasteiger partial charge in [-0.15, -0.1) is 0 Å². The molecule has 1 aliphatic heterocycles. The number of nitrogens with two attached hydrogens (primary N) is 1. The maximum absolute atomic E-state index is 12.2. The van der Waals surface area contributed by atoms with Crippen molar-refractivity contribution in [3.05, 3.63) is 70.0 Å². The van der Waals surface area contributed by atoms with Gasteiger partial charge in [-0.2, -0.15) is 4.98 Å². The van der Waals surface area contributed by atoms with Crippen molar-refractivity contribution in [2.24, 2.45) is 10.7 Å². The van der Waals surface area contributed by atoms with Gasteiger partial charge >= 0.3 is 0 Å². The fourth-order valence-electron chi connectivity index (χ4n) is 2.92. The second-order valence-corrected chi connectivity index (χ2v) is 5.55. The first kappa shape index (κ1) is 13.5. The third-order valence-corrected chi connectivity index (χ3v) is 3.92. The van der Waals surface area contributed by atoms with Crippen LogP contribution in [0.4, 0.5) is 5.95 Å². The van der Waals surface area contributed by atoms with Crippen LogP contribution < -0.4 is 16.6 Å². The van der Waals surface area contributed by atoms with Crippen LogP contribution >= 0.6 is 0 Å². The van der Waals surface area contributed by atoms with Gasteiger partial charge in [0.05, 0.1) is 10.9 Å². The standard InChI is InChI=1S/C17H15N5O/c1-10-5-4-6-11(9-10)14-19-16(18)21-17-20-15(23)12-7-2-3-8-13(12)22(14)17/h2-9,14H,1H3,(H3,18,19,20,21,23). The van der Waals surface area contributed by atoms with Crippen molar-refractivity contribution >= 4 is 22.8 Å². The third kappa shape index (κ3) is 2.15. The van der Waals surface area contributed by atoms with Crippen LogP contribution in [0.15, 0.2) is 58.3 Å². The molecule has 0 amide bonds. The van der Waals surface area contributed by atoms with Gasteiger partial charge in [-0.1, -0.05) is 42.0 Å². The van der Waals surface area contributed by atoms with E-state index in [1.807, 2.05) is 47.9 Å². The molecule has 0 aliphatic carbocycles. The predicted molar refractivity (Wildman–Crippen MR) is 90.6 cm³/mol. The minimum absolute atomic E-state index is 0.249. The van der Waals surface area contributed by atoms with E-state index in [4.69, 9.17) is 5.73 Å². The van der Waals surface area contributed by atoms with E-state index in [2.05, 4.69) is 21.4 Å². The molecule has 4 rings (SSSR count). The van der Waals surface area contributed by atoms with Crippen LogP contribution in [-0.2, 0) is 0 Å². The number of aryl methyl sites for hydroxylation is 1. The summed E-state index contributed by atoms with van der Waals surface area (Å²) in [4.78, 5) is 20.9. The Morgan fingerprint density at radius 2 is 2.00 bits per heavy atom. The van der Waals surface area contributed by atoms with Crippen molar-refractivity contribution in [1.82, 2.24) is 9.55 Å². The lowest BCUT2D eigenvalue weighted by molar-refractivity contribution is 0.615. The molecule has 1 atom stereocenters. The minimum Gasteiger partial charge on any atom is -0.370 e.